The summed E-state index contributed by atoms with van der Waals surface area (Å²) in [4.78, 5) is 23.3. The first-order valence-electron chi connectivity index (χ1n) is 6.03. The second kappa shape index (κ2) is 6.80. The van der Waals surface area contributed by atoms with Crippen molar-refractivity contribution in [1.29, 1.82) is 0 Å². The van der Waals surface area contributed by atoms with Crippen LogP contribution in [0.3, 0.4) is 0 Å². The molecule has 0 aliphatic heterocycles. The lowest BCUT2D eigenvalue weighted by molar-refractivity contribution is -0.138. The number of carboxylic acid groups (broad SMARTS) is 1. The van der Waals surface area contributed by atoms with Gasteiger partial charge in [-0.2, -0.15) is 0 Å². The molecular weight excluding hydrogens is 280 g/mol. The van der Waals surface area contributed by atoms with Crippen LogP contribution in [0, 0.1) is 0 Å². The average Bonchev–Trinajstić information content (AvgIpc) is 3.04. The number of carbonyl (C=O) groups is 2. The predicted octanol–water partition coefficient (Wildman–Crippen LogP) is 0.673. The molecule has 0 aliphatic carbocycles. The van der Waals surface area contributed by atoms with Gasteiger partial charge in [-0.1, -0.05) is 11.3 Å². The minimum absolute atomic E-state index is 0.0637. The molecule has 0 saturated heterocycles. The van der Waals surface area contributed by atoms with Crippen LogP contribution in [0.1, 0.15) is 17.0 Å². The van der Waals surface area contributed by atoms with Crippen molar-refractivity contribution >= 4 is 23.2 Å². The van der Waals surface area contributed by atoms with E-state index >= 15 is 0 Å². The molecule has 1 amide bonds. The summed E-state index contributed by atoms with van der Waals surface area (Å²) in [7, 11) is 0. The molecule has 0 radical (unpaired) electrons. The monoisotopic (exact) mass is 294 g/mol. The highest BCUT2D eigenvalue weighted by Gasteiger charge is 2.07. The maximum Gasteiger partial charge on any atom is 0.325 e. The van der Waals surface area contributed by atoms with Gasteiger partial charge < -0.3 is 10.4 Å². The maximum absolute atomic E-state index is 11.6. The highest BCUT2D eigenvalue weighted by molar-refractivity contribution is 7.09. The number of nitrogens with one attached hydrogen (secondary N) is 1. The minimum Gasteiger partial charge on any atom is -0.480 e. The lowest BCUT2D eigenvalue weighted by atomic mass is 10.2. The van der Waals surface area contributed by atoms with E-state index in [1.165, 1.54) is 15.8 Å². The number of hydrogen-bond acceptors (Lipinski definition) is 5. The molecule has 2 heterocycles. The van der Waals surface area contributed by atoms with Crippen LogP contribution < -0.4 is 5.32 Å². The average molecular weight is 294 g/mol. The molecular formula is C12H14N4O3S. The predicted molar refractivity (Wildman–Crippen MR) is 72.1 cm³/mol. The van der Waals surface area contributed by atoms with Crippen LogP contribution in [0.25, 0.3) is 0 Å². The highest BCUT2D eigenvalue weighted by atomic mass is 32.1. The Morgan fingerprint density at radius 1 is 1.45 bits per heavy atom. The summed E-state index contributed by atoms with van der Waals surface area (Å²) in [5, 5.41) is 20.8. The number of carboxylic acids is 1. The van der Waals surface area contributed by atoms with Crippen molar-refractivity contribution in [1.82, 2.24) is 20.3 Å². The van der Waals surface area contributed by atoms with Gasteiger partial charge in [0.1, 0.15) is 12.2 Å². The Morgan fingerprint density at radius 2 is 2.30 bits per heavy atom. The summed E-state index contributed by atoms with van der Waals surface area (Å²) in [5.41, 5.74) is 0.538. The summed E-state index contributed by atoms with van der Waals surface area (Å²) >= 11 is 1.63. The number of rotatable bonds is 7. The molecule has 0 aliphatic rings. The van der Waals surface area contributed by atoms with Crippen LogP contribution in [0.15, 0.2) is 23.7 Å². The number of amides is 1. The number of hydrogen-bond donors (Lipinski definition) is 2. The van der Waals surface area contributed by atoms with Gasteiger partial charge in [0.2, 0.25) is 5.91 Å². The standard InChI is InChI=1S/C12H14N4O3S/c17-11(4-3-10-2-1-5-20-10)13-6-9-7-16(15-14-9)8-12(18)19/h1-2,5,7H,3-4,6,8H2,(H,13,17)(H,18,19). The Labute approximate surface area is 119 Å². The van der Waals surface area contributed by atoms with Crippen molar-refractivity contribution in [3.8, 4) is 0 Å². The van der Waals surface area contributed by atoms with Gasteiger partial charge in [0.15, 0.2) is 0 Å². The molecule has 0 spiro atoms. The molecule has 0 bridgehead atoms. The zero-order chi connectivity index (χ0) is 14.4. The largest absolute Gasteiger partial charge is 0.480 e. The first-order valence-corrected chi connectivity index (χ1v) is 6.91. The van der Waals surface area contributed by atoms with E-state index < -0.39 is 5.97 Å². The topological polar surface area (TPSA) is 97.1 Å². The molecule has 2 rings (SSSR count). The van der Waals surface area contributed by atoms with E-state index in [2.05, 4.69) is 15.6 Å². The van der Waals surface area contributed by atoms with E-state index in [0.717, 1.165) is 6.42 Å². The van der Waals surface area contributed by atoms with Gasteiger partial charge in [0.25, 0.3) is 0 Å². The molecule has 0 aromatic carbocycles. The quantitative estimate of drug-likeness (QED) is 0.782. The van der Waals surface area contributed by atoms with Crippen molar-refractivity contribution in [2.24, 2.45) is 0 Å². The number of aromatic nitrogens is 3. The molecule has 0 unspecified atom stereocenters. The Balaban J connectivity index is 1.72. The van der Waals surface area contributed by atoms with Crippen LogP contribution in [-0.2, 0) is 29.1 Å². The lowest BCUT2D eigenvalue weighted by Crippen LogP contribution is -2.23. The molecule has 2 N–H and O–H groups in total. The molecule has 0 fully saturated rings. The number of carbonyl (C=O) groups excluding carboxylic acids is 1. The Bertz CT molecular complexity index is 579. The van der Waals surface area contributed by atoms with Gasteiger partial charge >= 0.3 is 5.97 Å². The Hall–Kier alpha value is -2.22. The minimum atomic E-state index is -0.985. The van der Waals surface area contributed by atoms with Crippen molar-refractivity contribution in [3.63, 3.8) is 0 Å². The lowest BCUT2D eigenvalue weighted by Gasteiger charge is -2.01. The second-order valence-corrected chi connectivity index (χ2v) is 5.19. The SMILES string of the molecule is O=C(O)Cn1cc(CNC(=O)CCc2cccs2)nn1. The fraction of sp³-hybridized carbons (Fsp3) is 0.333. The van der Waals surface area contributed by atoms with Gasteiger partial charge in [0.05, 0.1) is 12.7 Å². The van der Waals surface area contributed by atoms with Crippen molar-refractivity contribution in [2.45, 2.75) is 25.9 Å². The van der Waals surface area contributed by atoms with E-state index in [1.54, 1.807) is 11.3 Å². The number of nitrogens with zero attached hydrogens (tertiary/aromatic N) is 3. The maximum atomic E-state index is 11.6. The van der Waals surface area contributed by atoms with Gasteiger partial charge in [-0.3, -0.25) is 9.59 Å². The van der Waals surface area contributed by atoms with E-state index in [4.69, 9.17) is 5.11 Å². The number of aliphatic carboxylic acids is 1. The van der Waals surface area contributed by atoms with Gasteiger partial charge in [-0.15, -0.1) is 16.4 Å². The zero-order valence-electron chi connectivity index (χ0n) is 10.7. The van der Waals surface area contributed by atoms with Crippen LogP contribution in [-0.4, -0.2) is 32.0 Å². The summed E-state index contributed by atoms with van der Waals surface area (Å²) in [6.45, 7) is 0.0161. The molecule has 7 nitrogen and oxygen atoms in total. The summed E-state index contributed by atoms with van der Waals surface area (Å²) in [6, 6.07) is 3.95. The second-order valence-electron chi connectivity index (χ2n) is 4.16. The van der Waals surface area contributed by atoms with E-state index in [9.17, 15) is 9.59 Å². The van der Waals surface area contributed by atoms with Crippen molar-refractivity contribution in [2.75, 3.05) is 0 Å². The fourth-order valence-electron chi connectivity index (χ4n) is 1.60. The Kier molecular flexibility index (Phi) is 4.83. The fourth-order valence-corrected chi connectivity index (χ4v) is 2.31. The van der Waals surface area contributed by atoms with E-state index in [1.807, 2.05) is 17.5 Å². The van der Waals surface area contributed by atoms with Crippen LogP contribution in [0.4, 0.5) is 0 Å². The third-order valence-corrected chi connectivity index (χ3v) is 3.46. The van der Waals surface area contributed by atoms with Gasteiger partial charge in [-0.25, -0.2) is 4.68 Å². The van der Waals surface area contributed by atoms with Gasteiger partial charge in [0, 0.05) is 11.3 Å². The first-order chi connectivity index (χ1) is 9.63. The highest BCUT2D eigenvalue weighted by Crippen LogP contribution is 2.10. The summed E-state index contributed by atoms with van der Waals surface area (Å²) < 4.78 is 1.22. The van der Waals surface area contributed by atoms with Crippen molar-refractivity contribution < 1.29 is 14.7 Å². The van der Waals surface area contributed by atoms with Crippen LogP contribution in [0.5, 0.6) is 0 Å². The number of thiophene rings is 1. The van der Waals surface area contributed by atoms with Crippen molar-refractivity contribution in [3.05, 3.63) is 34.3 Å². The van der Waals surface area contributed by atoms with E-state index in [0.29, 0.717) is 12.1 Å². The summed E-state index contributed by atoms with van der Waals surface area (Å²) in [5.74, 6) is -1.05. The third-order valence-electron chi connectivity index (χ3n) is 2.53. The van der Waals surface area contributed by atoms with Crippen LogP contribution >= 0.6 is 11.3 Å². The van der Waals surface area contributed by atoms with Gasteiger partial charge in [-0.05, 0) is 17.9 Å². The normalized spacial score (nSPS) is 10.4. The molecule has 2 aromatic heterocycles. The molecule has 0 saturated carbocycles. The summed E-state index contributed by atoms with van der Waals surface area (Å²) in [6.07, 6.45) is 2.65. The number of aryl methyl sites for hydroxylation is 1. The molecule has 0 atom stereocenters. The molecule has 2 aromatic rings. The molecule has 8 heteroatoms. The zero-order valence-corrected chi connectivity index (χ0v) is 11.5. The molecule has 20 heavy (non-hydrogen) atoms. The third kappa shape index (κ3) is 4.47. The Morgan fingerprint density at radius 3 is 3.00 bits per heavy atom. The van der Waals surface area contributed by atoms with E-state index in [-0.39, 0.29) is 19.0 Å². The molecule has 106 valence electrons. The smallest absolute Gasteiger partial charge is 0.325 e. The first kappa shape index (κ1) is 14.2. The van der Waals surface area contributed by atoms with Crippen LogP contribution in [0.2, 0.25) is 0 Å².